The summed E-state index contributed by atoms with van der Waals surface area (Å²) in [6.45, 7) is -0.169. The van der Waals surface area contributed by atoms with Gasteiger partial charge in [0, 0.05) is 0 Å². The van der Waals surface area contributed by atoms with Crippen LogP contribution >= 0.6 is 0 Å². The second-order valence-corrected chi connectivity index (χ2v) is 8.13. The maximum atomic E-state index is 13.6. The van der Waals surface area contributed by atoms with Crippen molar-refractivity contribution in [2.75, 3.05) is 24.4 Å². The number of halogens is 1. The quantitative estimate of drug-likeness (QED) is 0.408. The molecule has 0 aliphatic carbocycles. The first-order valence-electron chi connectivity index (χ1n) is 11.2. The van der Waals surface area contributed by atoms with E-state index in [0.717, 1.165) is 16.9 Å². The Bertz CT molecular complexity index is 1290. The highest BCUT2D eigenvalue weighted by molar-refractivity contribution is 5.90. The standard InChI is InChI=1S/C26H24FN5O3/c1-34-20-13-9-17(10-14-20)22-15-23(18-7-11-19(27)12-8-18)32-26(28-22)30-25(31-32)29-24(33)16-35-21-5-3-2-4-6-21/h2-14,22-23H,15-16H2,1H3,(H2,28,29,30,31,33)/t22-,23-/m0/s1. The van der Waals surface area contributed by atoms with E-state index in [4.69, 9.17) is 9.47 Å². The number of hydrogen-bond donors (Lipinski definition) is 2. The van der Waals surface area contributed by atoms with Crippen LogP contribution in [0.25, 0.3) is 0 Å². The first-order chi connectivity index (χ1) is 17.1. The van der Waals surface area contributed by atoms with Gasteiger partial charge in [0.25, 0.3) is 11.9 Å². The number of amides is 1. The number of para-hydroxylation sites is 1. The van der Waals surface area contributed by atoms with Gasteiger partial charge < -0.3 is 14.8 Å². The number of benzene rings is 3. The van der Waals surface area contributed by atoms with Crippen LogP contribution in [0.4, 0.5) is 16.3 Å². The zero-order valence-corrected chi connectivity index (χ0v) is 19.0. The molecule has 1 amide bonds. The fraction of sp³-hybridized carbons (Fsp3) is 0.192. The van der Waals surface area contributed by atoms with E-state index in [2.05, 4.69) is 20.7 Å². The number of rotatable bonds is 7. The predicted molar refractivity (Wildman–Crippen MR) is 129 cm³/mol. The highest BCUT2D eigenvalue weighted by Crippen LogP contribution is 2.38. The van der Waals surface area contributed by atoms with E-state index in [1.807, 2.05) is 42.5 Å². The molecule has 0 radical (unpaired) electrons. The van der Waals surface area contributed by atoms with Crippen LogP contribution in [-0.2, 0) is 4.79 Å². The third-order valence-corrected chi connectivity index (χ3v) is 5.83. The van der Waals surface area contributed by atoms with Gasteiger partial charge in [-0.25, -0.2) is 9.07 Å². The zero-order chi connectivity index (χ0) is 24.2. The number of methoxy groups -OCH3 is 1. The molecule has 35 heavy (non-hydrogen) atoms. The molecule has 0 bridgehead atoms. The second kappa shape index (κ2) is 9.84. The van der Waals surface area contributed by atoms with E-state index in [1.54, 1.807) is 36.1 Å². The minimum absolute atomic E-state index is 0.0716. The SMILES string of the molecule is COc1ccc([C@@H]2C[C@@H](c3ccc(F)cc3)n3nc(NC(=O)COc4ccccc4)nc3N2)cc1. The number of hydrogen-bond acceptors (Lipinski definition) is 6. The van der Waals surface area contributed by atoms with Crippen molar-refractivity contribution in [1.82, 2.24) is 14.8 Å². The number of carbonyl (C=O) groups excluding carboxylic acids is 1. The normalized spacial score (nSPS) is 16.6. The molecular weight excluding hydrogens is 449 g/mol. The lowest BCUT2D eigenvalue weighted by molar-refractivity contribution is -0.118. The Morgan fingerprint density at radius 1 is 1.03 bits per heavy atom. The van der Waals surface area contributed by atoms with Crippen molar-refractivity contribution in [3.05, 3.63) is 95.8 Å². The number of anilines is 2. The molecule has 9 heteroatoms. The minimum Gasteiger partial charge on any atom is -0.497 e. The number of nitrogens with zero attached hydrogens (tertiary/aromatic N) is 3. The van der Waals surface area contributed by atoms with Gasteiger partial charge in [-0.05, 0) is 53.9 Å². The van der Waals surface area contributed by atoms with Gasteiger partial charge in [0.15, 0.2) is 6.61 Å². The molecule has 2 atom stereocenters. The van der Waals surface area contributed by atoms with Crippen molar-refractivity contribution in [2.45, 2.75) is 18.5 Å². The van der Waals surface area contributed by atoms with Crippen LogP contribution < -0.4 is 20.1 Å². The van der Waals surface area contributed by atoms with E-state index < -0.39 is 0 Å². The molecule has 4 aromatic rings. The monoisotopic (exact) mass is 473 g/mol. The summed E-state index contributed by atoms with van der Waals surface area (Å²) in [7, 11) is 1.63. The van der Waals surface area contributed by atoms with Gasteiger partial charge in [-0.2, -0.15) is 4.98 Å². The number of ether oxygens (including phenoxy) is 2. The predicted octanol–water partition coefficient (Wildman–Crippen LogP) is 4.59. The number of fused-ring (bicyclic) bond motifs is 1. The molecule has 0 fully saturated rings. The van der Waals surface area contributed by atoms with Crippen LogP contribution in [-0.4, -0.2) is 34.4 Å². The largest absolute Gasteiger partial charge is 0.497 e. The first-order valence-corrected chi connectivity index (χ1v) is 11.2. The lowest BCUT2D eigenvalue weighted by Crippen LogP contribution is -2.28. The Balaban J connectivity index is 1.38. The summed E-state index contributed by atoms with van der Waals surface area (Å²) in [5, 5.41) is 10.6. The average Bonchev–Trinajstić information content (AvgIpc) is 3.30. The number of carbonyl (C=O) groups is 1. The van der Waals surface area contributed by atoms with Gasteiger partial charge >= 0.3 is 0 Å². The maximum absolute atomic E-state index is 13.6. The fourth-order valence-corrected chi connectivity index (χ4v) is 4.07. The highest BCUT2D eigenvalue weighted by Gasteiger charge is 2.31. The van der Waals surface area contributed by atoms with Crippen LogP contribution in [0.2, 0.25) is 0 Å². The van der Waals surface area contributed by atoms with Crippen molar-refractivity contribution in [2.24, 2.45) is 0 Å². The summed E-state index contributed by atoms with van der Waals surface area (Å²) >= 11 is 0. The molecule has 8 nitrogen and oxygen atoms in total. The Hall–Kier alpha value is -4.40. The zero-order valence-electron chi connectivity index (χ0n) is 19.0. The van der Waals surface area contributed by atoms with Crippen molar-refractivity contribution in [3.8, 4) is 11.5 Å². The second-order valence-electron chi connectivity index (χ2n) is 8.13. The van der Waals surface area contributed by atoms with Gasteiger partial charge in [-0.15, -0.1) is 5.10 Å². The Morgan fingerprint density at radius 2 is 1.74 bits per heavy atom. The van der Waals surface area contributed by atoms with Gasteiger partial charge in [-0.3, -0.25) is 10.1 Å². The molecule has 0 unspecified atom stereocenters. The average molecular weight is 474 g/mol. The lowest BCUT2D eigenvalue weighted by atomic mass is 9.93. The van der Waals surface area contributed by atoms with Crippen molar-refractivity contribution in [1.29, 1.82) is 0 Å². The van der Waals surface area contributed by atoms with E-state index >= 15 is 0 Å². The molecule has 0 saturated heterocycles. The van der Waals surface area contributed by atoms with Crippen LogP contribution in [0.3, 0.4) is 0 Å². The van der Waals surface area contributed by atoms with Gasteiger partial charge in [0.2, 0.25) is 5.95 Å². The third kappa shape index (κ3) is 5.08. The summed E-state index contributed by atoms with van der Waals surface area (Å²) in [5.41, 5.74) is 1.94. The van der Waals surface area contributed by atoms with Gasteiger partial charge in [-0.1, -0.05) is 42.5 Å². The van der Waals surface area contributed by atoms with E-state index in [0.29, 0.717) is 18.1 Å². The van der Waals surface area contributed by atoms with E-state index in [1.165, 1.54) is 12.1 Å². The maximum Gasteiger partial charge on any atom is 0.264 e. The molecule has 2 N–H and O–H groups in total. The lowest BCUT2D eigenvalue weighted by Gasteiger charge is -2.31. The van der Waals surface area contributed by atoms with Crippen LogP contribution in [0.5, 0.6) is 11.5 Å². The highest BCUT2D eigenvalue weighted by atomic mass is 19.1. The van der Waals surface area contributed by atoms with Crippen LogP contribution in [0, 0.1) is 5.82 Å². The van der Waals surface area contributed by atoms with Crippen LogP contribution in [0.1, 0.15) is 29.6 Å². The molecule has 1 aromatic heterocycles. The summed E-state index contributed by atoms with van der Waals surface area (Å²) in [5.74, 6) is 1.36. The minimum atomic E-state index is -0.373. The van der Waals surface area contributed by atoms with Crippen molar-refractivity contribution >= 4 is 17.8 Å². The topological polar surface area (TPSA) is 90.3 Å². The fourth-order valence-electron chi connectivity index (χ4n) is 4.07. The molecular formula is C26H24FN5O3. The smallest absolute Gasteiger partial charge is 0.264 e. The Labute approximate surface area is 201 Å². The molecule has 2 heterocycles. The first kappa shape index (κ1) is 22.4. The van der Waals surface area contributed by atoms with Crippen molar-refractivity contribution in [3.63, 3.8) is 0 Å². The molecule has 0 spiro atoms. The molecule has 3 aromatic carbocycles. The Kier molecular flexibility index (Phi) is 6.30. The summed E-state index contributed by atoms with van der Waals surface area (Å²) in [6.07, 6.45) is 0.652. The molecule has 1 aliphatic heterocycles. The summed E-state index contributed by atoms with van der Waals surface area (Å²) in [6, 6.07) is 22.9. The molecule has 5 rings (SSSR count). The summed E-state index contributed by atoms with van der Waals surface area (Å²) in [4.78, 5) is 16.9. The molecule has 0 saturated carbocycles. The Morgan fingerprint density at radius 3 is 2.46 bits per heavy atom. The van der Waals surface area contributed by atoms with Gasteiger partial charge in [0.05, 0.1) is 19.2 Å². The van der Waals surface area contributed by atoms with E-state index in [-0.39, 0.29) is 36.4 Å². The molecule has 1 aliphatic rings. The van der Waals surface area contributed by atoms with Crippen molar-refractivity contribution < 1.29 is 18.7 Å². The van der Waals surface area contributed by atoms with Gasteiger partial charge in [0.1, 0.15) is 17.3 Å². The third-order valence-electron chi connectivity index (χ3n) is 5.83. The summed E-state index contributed by atoms with van der Waals surface area (Å²) < 4.78 is 26.1. The molecule has 178 valence electrons. The van der Waals surface area contributed by atoms with E-state index in [9.17, 15) is 9.18 Å². The number of nitrogens with one attached hydrogen (secondary N) is 2. The number of aromatic nitrogens is 3. The van der Waals surface area contributed by atoms with Crippen LogP contribution in [0.15, 0.2) is 78.9 Å².